The van der Waals surface area contributed by atoms with Crippen molar-refractivity contribution in [3.8, 4) is 5.88 Å². The van der Waals surface area contributed by atoms with E-state index in [1.807, 2.05) is 0 Å². The maximum Gasteiger partial charge on any atom is 0.334 e. The van der Waals surface area contributed by atoms with Gasteiger partial charge in [-0.25, -0.2) is 14.6 Å². The minimum atomic E-state index is -1.68. The fourth-order valence-electron chi connectivity index (χ4n) is 2.18. The molecule has 2 atom stereocenters. The van der Waals surface area contributed by atoms with Crippen molar-refractivity contribution in [2.75, 3.05) is 0 Å². The zero-order valence-corrected chi connectivity index (χ0v) is 10.8. The number of ether oxygens (including phenoxy) is 1. The molecule has 1 aliphatic rings. The number of nitrogens with one attached hydrogen (secondary N) is 1. The van der Waals surface area contributed by atoms with E-state index in [1.165, 1.54) is 12.3 Å². The lowest BCUT2D eigenvalue weighted by atomic mass is 9.83. The molecule has 1 aromatic heterocycles. The fraction of sp³-hybridized carbons (Fsp3) is 0.364. The van der Waals surface area contributed by atoms with Crippen LogP contribution in [0.2, 0.25) is 5.02 Å². The number of halogens is 1. The lowest BCUT2D eigenvalue weighted by Crippen LogP contribution is -2.57. The summed E-state index contributed by atoms with van der Waals surface area (Å²) in [5, 5.41) is 12.0. The van der Waals surface area contributed by atoms with Crippen molar-refractivity contribution in [3.05, 3.63) is 22.8 Å². The van der Waals surface area contributed by atoms with E-state index in [-0.39, 0.29) is 22.9 Å². The Hall–Kier alpha value is -2.02. The zero-order valence-electron chi connectivity index (χ0n) is 10.0. The molecule has 8 heteroatoms. The topological polar surface area (TPSA) is 115 Å². The molecule has 2 amide bonds. The highest BCUT2D eigenvalue weighted by atomic mass is 35.5. The Bertz CT molecular complexity index is 551. The Balaban J connectivity index is 2.63. The number of carboxylic acid groups (broad SMARTS) is 1. The van der Waals surface area contributed by atoms with Crippen molar-refractivity contribution in [2.45, 2.75) is 25.0 Å². The first-order chi connectivity index (χ1) is 8.85. The largest absolute Gasteiger partial charge is 0.479 e. The number of carboxylic acids is 1. The number of nitrogens with zero attached hydrogens (tertiary/aromatic N) is 1. The van der Waals surface area contributed by atoms with Gasteiger partial charge in [0.25, 0.3) is 0 Å². The van der Waals surface area contributed by atoms with E-state index in [2.05, 4.69) is 10.3 Å². The summed E-state index contributed by atoms with van der Waals surface area (Å²) in [6, 6.07) is 0.460. The van der Waals surface area contributed by atoms with E-state index in [0.717, 1.165) is 0 Å². The number of carbonyl (C=O) groups excluding carboxylic acids is 1. The van der Waals surface area contributed by atoms with Crippen LogP contribution in [-0.4, -0.2) is 28.2 Å². The van der Waals surface area contributed by atoms with Gasteiger partial charge < -0.3 is 20.9 Å². The summed E-state index contributed by atoms with van der Waals surface area (Å²) in [5.74, 6) is -1.12. The average molecular weight is 286 g/mol. The minimum Gasteiger partial charge on any atom is -0.479 e. The third kappa shape index (κ3) is 2.28. The molecule has 0 aliphatic carbocycles. The molecule has 4 N–H and O–H groups in total. The molecule has 2 rings (SSSR count). The minimum absolute atomic E-state index is 0.0281. The van der Waals surface area contributed by atoms with Crippen LogP contribution in [0.3, 0.4) is 0 Å². The molecule has 0 fully saturated rings. The van der Waals surface area contributed by atoms with Crippen LogP contribution in [0.4, 0.5) is 4.79 Å². The van der Waals surface area contributed by atoms with Crippen molar-refractivity contribution in [3.63, 3.8) is 0 Å². The number of hydrogen-bond donors (Lipinski definition) is 3. The second kappa shape index (κ2) is 4.58. The molecule has 1 aromatic rings. The summed E-state index contributed by atoms with van der Waals surface area (Å²) in [6.45, 7) is 1.68. The number of amides is 2. The Morgan fingerprint density at radius 2 is 2.37 bits per heavy atom. The Morgan fingerprint density at radius 3 is 2.95 bits per heavy atom. The van der Waals surface area contributed by atoms with Crippen LogP contribution >= 0.6 is 11.6 Å². The van der Waals surface area contributed by atoms with Crippen LogP contribution in [0.25, 0.3) is 0 Å². The summed E-state index contributed by atoms with van der Waals surface area (Å²) in [7, 11) is 0. The Morgan fingerprint density at radius 1 is 1.68 bits per heavy atom. The standard InChI is InChI=1S/C11H12ClN3O4/c1-5-3-11(9(16)17,15-10(13)18)7-2-6(12)4-14-8(7)19-5/h2,4-5H,3H2,1H3,(H,16,17)(H3,13,15,18)/t5-,11?/m1/s1. The molecular formula is C11H12ClN3O4. The predicted octanol–water partition coefficient (Wildman–Crippen LogP) is 0.854. The Kier molecular flexibility index (Phi) is 3.23. The number of hydrogen-bond acceptors (Lipinski definition) is 4. The second-order valence-corrected chi connectivity index (χ2v) is 4.78. The summed E-state index contributed by atoms with van der Waals surface area (Å²) in [6.07, 6.45) is 0.930. The van der Waals surface area contributed by atoms with E-state index in [0.29, 0.717) is 0 Å². The predicted molar refractivity (Wildman–Crippen MR) is 66.0 cm³/mol. The summed E-state index contributed by atoms with van der Waals surface area (Å²) in [4.78, 5) is 26.7. The van der Waals surface area contributed by atoms with Crippen molar-refractivity contribution in [1.82, 2.24) is 10.3 Å². The van der Waals surface area contributed by atoms with Gasteiger partial charge in [0.15, 0.2) is 5.54 Å². The highest BCUT2D eigenvalue weighted by Crippen LogP contribution is 2.39. The van der Waals surface area contributed by atoms with E-state index in [9.17, 15) is 14.7 Å². The van der Waals surface area contributed by atoms with Gasteiger partial charge in [-0.15, -0.1) is 0 Å². The Labute approximate surface area is 113 Å². The monoisotopic (exact) mass is 285 g/mol. The number of urea groups is 1. The van der Waals surface area contributed by atoms with Gasteiger partial charge >= 0.3 is 12.0 Å². The first-order valence-corrected chi connectivity index (χ1v) is 5.86. The number of nitrogens with two attached hydrogens (primary N) is 1. The molecule has 2 heterocycles. The van der Waals surface area contributed by atoms with Gasteiger partial charge in [0.05, 0.1) is 10.6 Å². The van der Waals surface area contributed by atoms with Gasteiger partial charge in [-0.05, 0) is 13.0 Å². The smallest absolute Gasteiger partial charge is 0.334 e. The van der Waals surface area contributed by atoms with Gasteiger partial charge in [0.2, 0.25) is 5.88 Å². The molecule has 0 spiro atoms. The van der Waals surface area contributed by atoms with E-state index >= 15 is 0 Å². The molecule has 1 unspecified atom stereocenters. The zero-order chi connectivity index (χ0) is 14.2. The van der Waals surface area contributed by atoms with Crippen LogP contribution in [0.1, 0.15) is 18.9 Å². The first-order valence-electron chi connectivity index (χ1n) is 5.49. The molecule has 0 radical (unpaired) electrons. The fourth-order valence-corrected chi connectivity index (χ4v) is 2.34. The number of fused-ring (bicyclic) bond motifs is 1. The molecule has 0 aromatic carbocycles. The average Bonchev–Trinajstić information content (AvgIpc) is 2.28. The highest BCUT2D eigenvalue weighted by Gasteiger charge is 2.49. The number of rotatable bonds is 2. The quantitative estimate of drug-likeness (QED) is 0.745. The maximum atomic E-state index is 11.6. The summed E-state index contributed by atoms with van der Waals surface area (Å²) < 4.78 is 5.45. The van der Waals surface area contributed by atoms with Gasteiger partial charge in [-0.3, -0.25) is 0 Å². The SMILES string of the molecule is C[C@@H]1CC(NC(N)=O)(C(=O)O)c2cc(Cl)cnc2O1. The molecular weight excluding hydrogens is 274 g/mol. The van der Waals surface area contributed by atoms with E-state index in [1.54, 1.807) is 6.92 Å². The second-order valence-electron chi connectivity index (χ2n) is 4.34. The van der Waals surface area contributed by atoms with E-state index < -0.39 is 23.6 Å². The van der Waals surface area contributed by atoms with Crippen LogP contribution < -0.4 is 15.8 Å². The summed E-state index contributed by atoms with van der Waals surface area (Å²) >= 11 is 5.83. The van der Waals surface area contributed by atoms with Crippen molar-refractivity contribution < 1.29 is 19.4 Å². The molecule has 1 aliphatic heterocycles. The number of primary amides is 1. The van der Waals surface area contributed by atoms with Crippen molar-refractivity contribution >= 4 is 23.6 Å². The molecule has 102 valence electrons. The van der Waals surface area contributed by atoms with Crippen LogP contribution in [0, 0.1) is 0 Å². The number of pyridine rings is 1. The van der Waals surface area contributed by atoms with Gasteiger partial charge in [0.1, 0.15) is 6.10 Å². The van der Waals surface area contributed by atoms with E-state index in [4.69, 9.17) is 22.1 Å². The molecule has 0 bridgehead atoms. The number of carbonyl (C=O) groups is 2. The molecule has 7 nitrogen and oxygen atoms in total. The van der Waals surface area contributed by atoms with Crippen LogP contribution in [-0.2, 0) is 10.3 Å². The van der Waals surface area contributed by atoms with Crippen molar-refractivity contribution in [1.29, 1.82) is 0 Å². The van der Waals surface area contributed by atoms with Crippen molar-refractivity contribution in [2.24, 2.45) is 5.73 Å². The van der Waals surface area contributed by atoms with Gasteiger partial charge in [-0.1, -0.05) is 11.6 Å². The van der Waals surface area contributed by atoms with Gasteiger partial charge in [-0.2, -0.15) is 0 Å². The van der Waals surface area contributed by atoms with Crippen LogP contribution in [0.5, 0.6) is 5.88 Å². The maximum absolute atomic E-state index is 11.6. The molecule has 19 heavy (non-hydrogen) atoms. The van der Waals surface area contributed by atoms with Crippen LogP contribution in [0.15, 0.2) is 12.3 Å². The lowest BCUT2D eigenvalue weighted by Gasteiger charge is -2.37. The molecule has 0 saturated carbocycles. The number of aliphatic carboxylic acids is 1. The molecule has 0 saturated heterocycles. The highest BCUT2D eigenvalue weighted by molar-refractivity contribution is 6.30. The third-order valence-electron chi connectivity index (χ3n) is 2.89. The number of aromatic nitrogens is 1. The van der Waals surface area contributed by atoms with Gasteiger partial charge in [0, 0.05) is 12.6 Å². The third-order valence-corrected chi connectivity index (χ3v) is 3.09. The first kappa shape index (κ1) is 13.4. The lowest BCUT2D eigenvalue weighted by molar-refractivity contribution is -0.147. The normalized spacial score (nSPS) is 25.1. The summed E-state index contributed by atoms with van der Waals surface area (Å²) in [5.41, 5.74) is 3.58.